The number of alkyl carbamates (subject to hydrolysis) is 1. The zero-order valence-corrected chi connectivity index (χ0v) is 25.3. The van der Waals surface area contributed by atoms with E-state index < -0.39 is 23.8 Å². The summed E-state index contributed by atoms with van der Waals surface area (Å²) in [6.07, 6.45) is 5.22. The standard InChI is InChI=1S/C33H49N3O4/c1-7-9-16-22-34-30(37)29(27-21-15-14-18-25(27)3)36(23-17-10-8-2)31(38)28(24-26-19-12-11-13-20-26)35-32(39)40-33(4,5)6/h11-15,18-21,28-29H,7-10,16-17,22-24H2,1-6H3,(H,34,37)(H,35,39). The second-order valence-corrected chi connectivity index (χ2v) is 11.4. The molecule has 0 fully saturated rings. The fourth-order valence-electron chi connectivity index (χ4n) is 4.63. The van der Waals surface area contributed by atoms with E-state index in [4.69, 9.17) is 4.74 Å². The number of aryl methyl sites for hydroxylation is 1. The summed E-state index contributed by atoms with van der Waals surface area (Å²) in [5.41, 5.74) is 1.91. The summed E-state index contributed by atoms with van der Waals surface area (Å²) in [6.45, 7) is 12.5. The molecule has 2 N–H and O–H groups in total. The van der Waals surface area contributed by atoms with Gasteiger partial charge in [0.25, 0.3) is 0 Å². The maximum absolute atomic E-state index is 14.4. The molecule has 0 radical (unpaired) electrons. The third kappa shape index (κ3) is 11.0. The van der Waals surface area contributed by atoms with Gasteiger partial charge in [-0.2, -0.15) is 0 Å². The first-order valence-corrected chi connectivity index (χ1v) is 14.7. The maximum atomic E-state index is 14.4. The lowest BCUT2D eigenvalue weighted by Gasteiger charge is -2.35. The Morgan fingerprint density at radius 3 is 2.12 bits per heavy atom. The maximum Gasteiger partial charge on any atom is 0.408 e. The average Bonchev–Trinajstić information content (AvgIpc) is 2.90. The Kier molecular flexibility index (Phi) is 13.7. The van der Waals surface area contributed by atoms with Gasteiger partial charge in [-0.3, -0.25) is 9.59 Å². The SMILES string of the molecule is CCCCCNC(=O)C(c1ccccc1C)N(CCCCC)C(=O)C(Cc1ccccc1)NC(=O)OC(C)(C)C. The first-order valence-electron chi connectivity index (χ1n) is 14.7. The summed E-state index contributed by atoms with van der Waals surface area (Å²) in [5.74, 6) is -0.506. The summed E-state index contributed by atoms with van der Waals surface area (Å²) in [6, 6.07) is 15.6. The Bertz CT molecular complexity index is 1060. The van der Waals surface area contributed by atoms with Gasteiger partial charge in [0.15, 0.2) is 0 Å². The van der Waals surface area contributed by atoms with Crippen LogP contribution in [0.3, 0.4) is 0 Å². The summed E-state index contributed by atoms with van der Waals surface area (Å²) < 4.78 is 5.52. The number of rotatable bonds is 15. The lowest BCUT2D eigenvalue weighted by molar-refractivity contribution is -0.142. The van der Waals surface area contributed by atoms with Crippen LogP contribution in [0, 0.1) is 6.92 Å². The van der Waals surface area contributed by atoms with E-state index >= 15 is 0 Å². The molecule has 0 aromatic heterocycles. The minimum absolute atomic E-state index is 0.203. The molecule has 3 amide bonds. The third-order valence-corrected chi connectivity index (χ3v) is 6.68. The van der Waals surface area contributed by atoms with Gasteiger partial charge in [0.1, 0.15) is 17.7 Å². The van der Waals surface area contributed by atoms with Crippen molar-refractivity contribution in [2.75, 3.05) is 13.1 Å². The van der Waals surface area contributed by atoms with E-state index in [0.717, 1.165) is 55.2 Å². The molecule has 0 bridgehead atoms. The summed E-state index contributed by atoms with van der Waals surface area (Å²) in [7, 11) is 0. The van der Waals surface area contributed by atoms with Gasteiger partial charge in [0.05, 0.1) is 0 Å². The molecule has 0 aliphatic rings. The van der Waals surface area contributed by atoms with Gasteiger partial charge in [0, 0.05) is 19.5 Å². The van der Waals surface area contributed by atoms with Crippen LogP contribution < -0.4 is 10.6 Å². The van der Waals surface area contributed by atoms with Crippen LogP contribution in [0.2, 0.25) is 0 Å². The Labute approximate surface area is 241 Å². The number of unbranched alkanes of at least 4 members (excludes halogenated alkanes) is 4. The van der Waals surface area contributed by atoms with Gasteiger partial charge >= 0.3 is 6.09 Å². The molecular weight excluding hydrogens is 502 g/mol. The highest BCUT2D eigenvalue weighted by Gasteiger charge is 2.36. The minimum atomic E-state index is -0.904. The summed E-state index contributed by atoms with van der Waals surface area (Å²) in [5, 5.41) is 5.91. The second kappa shape index (κ2) is 16.7. The molecule has 0 spiro atoms. The van der Waals surface area contributed by atoms with Crippen molar-refractivity contribution < 1.29 is 19.1 Å². The Hall–Kier alpha value is -3.35. The van der Waals surface area contributed by atoms with Crippen LogP contribution in [0.5, 0.6) is 0 Å². The highest BCUT2D eigenvalue weighted by molar-refractivity contribution is 5.92. The predicted octanol–water partition coefficient (Wildman–Crippen LogP) is 6.50. The first kappa shape index (κ1) is 32.9. The number of ether oxygens (including phenoxy) is 1. The zero-order chi connectivity index (χ0) is 29.5. The number of amides is 3. The highest BCUT2D eigenvalue weighted by atomic mass is 16.6. The van der Waals surface area contributed by atoms with Crippen LogP contribution in [0.25, 0.3) is 0 Å². The van der Waals surface area contributed by atoms with Crippen LogP contribution >= 0.6 is 0 Å². The monoisotopic (exact) mass is 551 g/mol. The van der Waals surface area contributed by atoms with Crippen molar-refractivity contribution >= 4 is 17.9 Å². The van der Waals surface area contributed by atoms with Crippen LogP contribution in [-0.2, 0) is 20.7 Å². The molecule has 2 unspecified atom stereocenters. The lowest BCUT2D eigenvalue weighted by Crippen LogP contribution is -2.54. The fourth-order valence-corrected chi connectivity index (χ4v) is 4.63. The van der Waals surface area contributed by atoms with Crippen molar-refractivity contribution in [3.8, 4) is 0 Å². The zero-order valence-electron chi connectivity index (χ0n) is 25.3. The van der Waals surface area contributed by atoms with Crippen molar-refractivity contribution in [3.05, 3.63) is 71.3 Å². The topological polar surface area (TPSA) is 87.7 Å². The third-order valence-electron chi connectivity index (χ3n) is 6.68. The first-order chi connectivity index (χ1) is 19.1. The van der Waals surface area contributed by atoms with Gasteiger partial charge in [-0.1, -0.05) is 94.1 Å². The molecule has 0 saturated carbocycles. The number of hydrogen-bond acceptors (Lipinski definition) is 4. The van der Waals surface area contributed by atoms with E-state index in [1.165, 1.54) is 0 Å². The molecular formula is C33H49N3O4. The van der Waals surface area contributed by atoms with Crippen molar-refractivity contribution in [2.45, 2.75) is 104 Å². The molecule has 40 heavy (non-hydrogen) atoms. The van der Waals surface area contributed by atoms with E-state index in [-0.39, 0.29) is 18.2 Å². The van der Waals surface area contributed by atoms with Gasteiger partial charge in [0.2, 0.25) is 11.8 Å². The van der Waals surface area contributed by atoms with Gasteiger partial charge in [-0.15, -0.1) is 0 Å². The molecule has 2 atom stereocenters. The molecule has 0 heterocycles. The molecule has 0 saturated heterocycles. The minimum Gasteiger partial charge on any atom is -0.444 e. The van der Waals surface area contributed by atoms with Crippen molar-refractivity contribution in [1.82, 2.24) is 15.5 Å². The largest absolute Gasteiger partial charge is 0.444 e. The molecule has 7 heteroatoms. The Morgan fingerprint density at radius 1 is 0.875 bits per heavy atom. The number of benzene rings is 2. The Balaban J connectivity index is 2.51. The highest BCUT2D eigenvalue weighted by Crippen LogP contribution is 2.27. The molecule has 2 rings (SSSR count). The van der Waals surface area contributed by atoms with Crippen LogP contribution in [0.4, 0.5) is 4.79 Å². The number of hydrogen-bond donors (Lipinski definition) is 2. The van der Waals surface area contributed by atoms with Crippen molar-refractivity contribution in [2.24, 2.45) is 0 Å². The second-order valence-electron chi connectivity index (χ2n) is 11.4. The number of carbonyl (C=O) groups is 3. The fraction of sp³-hybridized carbons (Fsp3) is 0.545. The number of nitrogens with one attached hydrogen (secondary N) is 2. The van der Waals surface area contributed by atoms with Gasteiger partial charge in [-0.25, -0.2) is 4.79 Å². The van der Waals surface area contributed by atoms with Crippen LogP contribution in [-0.4, -0.2) is 47.5 Å². The quantitative estimate of drug-likeness (QED) is 0.248. The van der Waals surface area contributed by atoms with Crippen molar-refractivity contribution in [1.29, 1.82) is 0 Å². The Morgan fingerprint density at radius 2 is 1.50 bits per heavy atom. The smallest absolute Gasteiger partial charge is 0.408 e. The number of carbonyl (C=O) groups excluding carboxylic acids is 3. The van der Waals surface area contributed by atoms with Crippen LogP contribution in [0.15, 0.2) is 54.6 Å². The van der Waals surface area contributed by atoms with Gasteiger partial charge in [-0.05, 0) is 57.2 Å². The number of nitrogens with zero attached hydrogens (tertiary/aromatic N) is 1. The lowest BCUT2D eigenvalue weighted by atomic mass is 9.96. The van der Waals surface area contributed by atoms with E-state index in [9.17, 15) is 14.4 Å². The molecule has 2 aromatic rings. The normalized spacial score (nSPS) is 12.8. The summed E-state index contributed by atoms with van der Waals surface area (Å²) in [4.78, 5) is 42.8. The van der Waals surface area contributed by atoms with Crippen LogP contribution in [0.1, 0.15) is 95.9 Å². The summed E-state index contributed by atoms with van der Waals surface area (Å²) >= 11 is 0. The average molecular weight is 552 g/mol. The predicted molar refractivity (Wildman–Crippen MR) is 161 cm³/mol. The molecule has 220 valence electrons. The van der Waals surface area contributed by atoms with E-state index in [1.807, 2.05) is 61.5 Å². The molecule has 0 aliphatic carbocycles. The van der Waals surface area contributed by atoms with E-state index in [1.54, 1.807) is 25.7 Å². The molecule has 7 nitrogen and oxygen atoms in total. The molecule has 2 aromatic carbocycles. The van der Waals surface area contributed by atoms with E-state index in [0.29, 0.717) is 13.1 Å². The van der Waals surface area contributed by atoms with E-state index in [2.05, 4.69) is 24.5 Å². The molecule has 0 aliphatic heterocycles. The van der Waals surface area contributed by atoms with Gasteiger partial charge < -0.3 is 20.3 Å². The van der Waals surface area contributed by atoms with Crippen molar-refractivity contribution in [3.63, 3.8) is 0 Å².